The van der Waals surface area contributed by atoms with E-state index < -0.39 is 24.3 Å². The summed E-state index contributed by atoms with van der Waals surface area (Å²) >= 11 is 0. The first-order valence-electron chi connectivity index (χ1n) is 9.03. The van der Waals surface area contributed by atoms with E-state index in [-0.39, 0.29) is 28.3 Å². The Kier molecular flexibility index (Phi) is 4.77. The maximum Gasteiger partial charge on any atom is 0.416 e. The van der Waals surface area contributed by atoms with Crippen LogP contribution in [0.1, 0.15) is 56.0 Å². The predicted molar refractivity (Wildman–Crippen MR) is 93.0 cm³/mol. The van der Waals surface area contributed by atoms with Crippen molar-refractivity contribution in [1.82, 2.24) is 4.90 Å². The molecule has 1 heterocycles. The van der Waals surface area contributed by atoms with Gasteiger partial charge in [0.05, 0.1) is 11.1 Å². The summed E-state index contributed by atoms with van der Waals surface area (Å²) in [6.45, 7) is 6.73. The number of amides is 1. The number of likely N-dealkylation sites (tertiary alicyclic amines) is 1. The summed E-state index contributed by atoms with van der Waals surface area (Å²) in [5.41, 5.74) is -0.924. The number of benzene rings is 1. The van der Waals surface area contributed by atoms with Gasteiger partial charge in [0, 0.05) is 12.6 Å². The van der Waals surface area contributed by atoms with Gasteiger partial charge in [-0.1, -0.05) is 26.8 Å². The van der Waals surface area contributed by atoms with Crippen LogP contribution in [-0.4, -0.2) is 36.0 Å². The lowest BCUT2D eigenvalue weighted by Crippen LogP contribution is -2.39. The number of halogens is 3. The minimum Gasteiger partial charge on any atom is -0.452 e. The van der Waals surface area contributed by atoms with E-state index in [2.05, 4.69) is 20.8 Å². The van der Waals surface area contributed by atoms with Crippen LogP contribution in [-0.2, 0) is 15.7 Å². The standard InChI is InChI=1S/C20H24F3NO3/c1-18(2)8-15-9-19(3,11-18)12-24(15)16(25)10-27-17(26)13-5-4-6-14(7-13)20(21,22)23/h4-7,15H,8-12H2,1-3H3. The Morgan fingerprint density at radius 3 is 2.59 bits per heavy atom. The van der Waals surface area contributed by atoms with E-state index >= 15 is 0 Å². The zero-order chi connectivity index (χ0) is 20.0. The molecule has 1 aliphatic carbocycles. The first kappa shape index (κ1) is 19.7. The third kappa shape index (κ3) is 4.28. The van der Waals surface area contributed by atoms with Gasteiger partial charge in [0.25, 0.3) is 5.91 Å². The first-order valence-corrected chi connectivity index (χ1v) is 9.03. The molecule has 1 saturated heterocycles. The molecule has 2 aliphatic rings. The molecule has 2 atom stereocenters. The molecule has 0 aromatic heterocycles. The molecule has 0 N–H and O–H groups in total. The van der Waals surface area contributed by atoms with Crippen LogP contribution in [0.3, 0.4) is 0 Å². The Morgan fingerprint density at radius 2 is 1.93 bits per heavy atom. The lowest BCUT2D eigenvalue weighted by Gasteiger charge is -2.39. The summed E-state index contributed by atoms with van der Waals surface area (Å²) in [4.78, 5) is 26.4. The van der Waals surface area contributed by atoms with Crippen molar-refractivity contribution < 1.29 is 27.5 Å². The molecular weight excluding hydrogens is 359 g/mol. The maximum atomic E-state index is 12.8. The fraction of sp³-hybridized carbons (Fsp3) is 0.600. The summed E-state index contributed by atoms with van der Waals surface area (Å²) in [7, 11) is 0. The fourth-order valence-electron chi connectivity index (χ4n) is 4.87. The average molecular weight is 383 g/mol. The molecule has 4 nitrogen and oxygen atoms in total. The van der Waals surface area contributed by atoms with Crippen molar-refractivity contribution in [2.45, 2.75) is 52.3 Å². The van der Waals surface area contributed by atoms with E-state index in [0.29, 0.717) is 6.54 Å². The first-order chi connectivity index (χ1) is 12.4. The van der Waals surface area contributed by atoms with Crippen molar-refractivity contribution in [3.63, 3.8) is 0 Å². The minimum atomic E-state index is -4.54. The number of hydrogen-bond donors (Lipinski definition) is 0. The second-order valence-corrected chi connectivity index (χ2v) is 8.89. The van der Waals surface area contributed by atoms with Gasteiger partial charge in [-0.15, -0.1) is 0 Å². The van der Waals surface area contributed by atoms with Gasteiger partial charge in [0.15, 0.2) is 6.61 Å². The van der Waals surface area contributed by atoms with Crippen LogP contribution >= 0.6 is 0 Å². The number of carbonyl (C=O) groups is 2. The van der Waals surface area contributed by atoms with Crippen molar-refractivity contribution in [1.29, 1.82) is 0 Å². The highest BCUT2D eigenvalue weighted by Crippen LogP contribution is 2.52. The highest BCUT2D eigenvalue weighted by atomic mass is 19.4. The van der Waals surface area contributed by atoms with Crippen molar-refractivity contribution >= 4 is 11.9 Å². The zero-order valence-electron chi connectivity index (χ0n) is 15.7. The van der Waals surface area contributed by atoms with Gasteiger partial charge in [-0.05, 0) is 48.3 Å². The van der Waals surface area contributed by atoms with Crippen LogP contribution in [0, 0.1) is 10.8 Å². The molecule has 27 heavy (non-hydrogen) atoms. The lowest BCUT2D eigenvalue weighted by molar-refractivity contribution is -0.138. The third-order valence-electron chi connectivity index (χ3n) is 5.49. The van der Waals surface area contributed by atoms with Crippen LogP contribution in [0.25, 0.3) is 0 Å². The number of fused-ring (bicyclic) bond motifs is 2. The average Bonchev–Trinajstić information content (AvgIpc) is 2.80. The molecule has 1 aliphatic heterocycles. The maximum absolute atomic E-state index is 12.8. The molecule has 2 unspecified atom stereocenters. The normalized spacial score (nSPS) is 26.7. The number of alkyl halides is 3. The number of rotatable bonds is 3. The van der Waals surface area contributed by atoms with Gasteiger partial charge in [-0.3, -0.25) is 4.79 Å². The molecule has 1 aromatic rings. The predicted octanol–water partition coefficient (Wildman–Crippen LogP) is 4.29. The highest BCUT2D eigenvalue weighted by Gasteiger charge is 2.50. The van der Waals surface area contributed by atoms with E-state index in [1.54, 1.807) is 4.90 Å². The van der Waals surface area contributed by atoms with E-state index in [9.17, 15) is 22.8 Å². The van der Waals surface area contributed by atoms with Gasteiger partial charge < -0.3 is 9.64 Å². The largest absolute Gasteiger partial charge is 0.452 e. The molecular formula is C20H24F3NO3. The summed E-state index contributed by atoms with van der Waals surface area (Å²) in [6, 6.07) is 4.13. The van der Waals surface area contributed by atoms with Gasteiger partial charge in [-0.2, -0.15) is 13.2 Å². The SMILES string of the molecule is CC1(C)CC2CC(C)(CN2C(=O)COC(=O)c2cccc(C(F)(F)F)c2)C1. The van der Waals surface area contributed by atoms with Gasteiger partial charge in [0.2, 0.25) is 0 Å². The smallest absolute Gasteiger partial charge is 0.416 e. The molecule has 2 bridgehead atoms. The Morgan fingerprint density at radius 1 is 1.22 bits per heavy atom. The summed E-state index contributed by atoms with van der Waals surface area (Å²) < 4.78 is 43.3. The minimum absolute atomic E-state index is 0.0626. The monoisotopic (exact) mass is 383 g/mol. The van der Waals surface area contributed by atoms with Gasteiger partial charge >= 0.3 is 12.1 Å². The van der Waals surface area contributed by atoms with Crippen LogP contribution in [0.2, 0.25) is 0 Å². The second kappa shape index (κ2) is 6.53. The summed E-state index contributed by atoms with van der Waals surface area (Å²) in [6.07, 6.45) is -1.68. The number of esters is 1. The zero-order valence-corrected chi connectivity index (χ0v) is 15.7. The van der Waals surface area contributed by atoms with Crippen LogP contribution < -0.4 is 0 Å². The summed E-state index contributed by atoms with van der Waals surface area (Å²) in [5.74, 6) is -1.22. The van der Waals surface area contributed by atoms with Crippen molar-refractivity contribution in [2.24, 2.45) is 10.8 Å². The van der Waals surface area contributed by atoms with Crippen LogP contribution in [0.4, 0.5) is 13.2 Å². The Balaban J connectivity index is 1.62. The Bertz CT molecular complexity index is 759. The molecule has 148 valence electrons. The van der Waals surface area contributed by atoms with Crippen LogP contribution in [0.5, 0.6) is 0 Å². The Hall–Kier alpha value is -2.05. The van der Waals surface area contributed by atoms with Crippen molar-refractivity contribution in [3.8, 4) is 0 Å². The van der Waals surface area contributed by atoms with E-state index in [1.165, 1.54) is 6.07 Å². The quantitative estimate of drug-likeness (QED) is 0.732. The number of nitrogens with zero attached hydrogens (tertiary/aromatic N) is 1. The number of carbonyl (C=O) groups excluding carboxylic acids is 2. The van der Waals surface area contributed by atoms with Crippen molar-refractivity contribution in [3.05, 3.63) is 35.4 Å². The summed E-state index contributed by atoms with van der Waals surface area (Å²) in [5, 5.41) is 0. The molecule has 1 amide bonds. The topological polar surface area (TPSA) is 46.6 Å². The lowest BCUT2D eigenvalue weighted by atomic mass is 9.65. The molecule has 3 rings (SSSR count). The highest BCUT2D eigenvalue weighted by molar-refractivity contribution is 5.91. The number of hydrogen-bond acceptors (Lipinski definition) is 3. The van der Waals surface area contributed by atoms with E-state index in [0.717, 1.165) is 37.5 Å². The molecule has 1 saturated carbocycles. The van der Waals surface area contributed by atoms with Crippen molar-refractivity contribution in [2.75, 3.05) is 13.2 Å². The molecule has 1 aromatic carbocycles. The molecule has 0 spiro atoms. The number of ether oxygens (including phenoxy) is 1. The van der Waals surface area contributed by atoms with E-state index in [4.69, 9.17) is 4.74 Å². The molecule has 0 radical (unpaired) electrons. The molecule has 2 fully saturated rings. The fourth-order valence-corrected chi connectivity index (χ4v) is 4.87. The van der Waals surface area contributed by atoms with E-state index in [1.807, 2.05) is 0 Å². The second-order valence-electron chi connectivity index (χ2n) is 8.89. The van der Waals surface area contributed by atoms with Gasteiger partial charge in [-0.25, -0.2) is 4.79 Å². The third-order valence-corrected chi connectivity index (χ3v) is 5.49. The van der Waals surface area contributed by atoms with Crippen LogP contribution in [0.15, 0.2) is 24.3 Å². The molecule has 7 heteroatoms. The van der Waals surface area contributed by atoms with Gasteiger partial charge in [0.1, 0.15) is 0 Å². The Labute approximate surface area is 156 Å².